The molecule has 5 heteroatoms. The Morgan fingerprint density at radius 3 is 2.40 bits per heavy atom. The largest absolute Gasteiger partial charge is 0.304 e. The lowest BCUT2D eigenvalue weighted by Crippen LogP contribution is -1.99. The molecule has 2 aromatic rings. The quantitative estimate of drug-likeness (QED) is 0.797. The van der Waals surface area contributed by atoms with Crippen molar-refractivity contribution >= 4 is 43.5 Å². The minimum Gasteiger partial charge on any atom is -0.304 e. The second kappa shape index (κ2) is 4.68. The van der Waals surface area contributed by atoms with Gasteiger partial charge in [0.05, 0.1) is 6.54 Å². The van der Waals surface area contributed by atoms with Crippen LogP contribution in [-0.4, -0.2) is 9.55 Å². The van der Waals surface area contributed by atoms with Crippen molar-refractivity contribution in [1.29, 1.82) is 0 Å². The Kier molecular flexibility index (Phi) is 3.49. The van der Waals surface area contributed by atoms with Crippen molar-refractivity contribution in [2.75, 3.05) is 0 Å². The average molecular weight is 350 g/mol. The number of benzene rings is 1. The predicted octanol–water partition coefficient (Wildman–Crippen LogP) is 4.11. The van der Waals surface area contributed by atoms with E-state index in [1.165, 1.54) is 5.56 Å². The summed E-state index contributed by atoms with van der Waals surface area (Å²) >= 11 is 12.7. The summed E-state index contributed by atoms with van der Waals surface area (Å²) in [4.78, 5) is 4.10. The molecule has 1 aromatic heterocycles. The van der Waals surface area contributed by atoms with E-state index in [4.69, 9.17) is 11.6 Å². The van der Waals surface area contributed by atoms with Gasteiger partial charge in [-0.3, -0.25) is 0 Å². The zero-order valence-electron chi connectivity index (χ0n) is 7.62. The third-order valence-electron chi connectivity index (χ3n) is 2.00. The Bertz CT molecular complexity index is 468. The molecule has 2 rings (SSSR count). The highest BCUT2D eigenvalue weighted by Crippen LogP contribution is 2.27. The number of aromatic nitrogens is 2. The van der Waals surface area contributed by atoms with Crippen molar-refractivity contribution in [2.24, 2.45) is 0 Å². The molecule has 78 valence electrons. The number of hydrogen-bond acceptors (Lipinski definition) is 1. The van der Waals surface area contributed by atoms with Gasteiger partial charge in [-0.15, -0.1) is 0 Å². The van der Waals surface area contributed by atoms with E-state index in [2.05, 4.69) is 49.0 Å². The van der Waals surface area contributed by atoms with Crippen molar-refractivity contribution in [3.63, 3.8) is 0 Å². The second-order valence-electron chi connectivity index (χ2n) is 3.03. The summed E-state index contributed by atoms with van der Waals surface area (Å²) in [6.07, 6.45) is 0. The molecule has 0 radical (unpaired) electrons. The molecule has 0 N–H and O–H groups in total. The predicted molar refractivity (Wildman–Crippen MR) is 68.2 cm³/mol. The van der Waals surface area contributed by atoms with Crippen LogP contribution in [0.4, 0.5) is 0 Å². The normalized spacial score (nSPS) is 10.6. The van der Waals surface area contributed by atoms with Gasteiger partial charge in [-0.25, -0.2) is 4.98 Å². The number of rotatable bonds is 2. The average Bonchev–Trinajstić information content (AvgIpc) is 2.47. The zero-order valence-corrected chi connectivity index (χ0v) is 11.6. The number of nitrogens with zero attached hydrogens (tertiary/aromatic N) is 2. The molecule has 0 aliphatic rings. The first-order valence-electron chi connectivity index (χ1n) is 4.29. The van der Waals surface area contributed by atoms with Crippen LogP contribution in [0.3, 0.4) is 0 Å². The Morgan fingerprint density at radius 2 is 1.87 bits per heavy atom. The molecule has 0 aliphatic carbocycles. The van der Waals surface area contributed by atoms with E-state index in [0.29, 0.717) is 11.8 Å². The fourth-order valence-corrected chi connectivity index (χ4v) is 2.48. The molecule has 0 aliphatic heterocycles. The monoisotopic (exact) mass is 348 g/mol. The Morgan fingerprint density at radius 1 is 1.20 bits per heavy atom. The minimum absolute atomic E-state index is 0.470. The molecule has 0 fully saturated rings. The van der Waals surface area contributed by atoms with Crippen molar-refractivity contribution in [3.8, 4) is 0 Å². The summed E-state index contributed by atoms with van der Waals surface area (Å²) in [5, 5.41) is 0.470. The first kappa shape index (κ1) is 11.2. The van der Waals surface area contributed by atoms with Crippen LogP contribution in [-0.2, 0) is 6.54 Å². The Balaban J connectivity index is 2.32. The zero-order chi connectivity index (χ0) is 10.8. The summed E-state index contributed by atoms with van der Waals surface area (Å²) in [6.45, 7) is 0.707. The lowest BCUT2D eigenvalue weighted by Gasteiger charge is -2.05. The highest BCUT2D eigenvalue weighted by atomic mass is 79.9. The SMILES string of the molecule is Clc1nc(Br)c(Br)n1Cc1ccccc1. The molecule has 15 heavy (non-hydrogen) atoms. The first-order valence-corrected chi connectivity index (χ1v) is 6.26. The van der Waals surface area contributed by atoms with E-state index in [-0.39, 0.29) is 0 Å². The van der Waals surface area contributed by atoms with Crippen molar-refractivity contribution in [2.45, 2.75) is 6.54 Å². The number of hydrogen-bond donors (Lipinski definition) is 0. The van der Waals surface area contributed by atoms with E-state index in [1.54, 1.807) is 0 Å². The highest BCUT2D eigenvalue weighted by molar-refractivity contribution is 9.13. The molecule has 0 unspecified atom stereocenters. The topological polar surface area (TPSA) is 17.8 Å². The van der Waals surface area contributed by atoms with E-state index in [1.807, 2.05) is 22.8 Å². The summed E-state index contributed by atoms with van der Waals surface area (Å²) < 4.78 is 3.47. The fourth-order valence-electron chi connectivity index (χ4n) is 1.28. The lowest BCUT2D eigenvalue weighted by atomic mass is 10.2. The van der Waals surface area contributed by atoms with Gasteiger partial charge in [0, 0.05) is 0 Å². The molecule has 0 amide bonds. The second-order valence-corrected chi connectivity index (χ2v) is 4.87. The van der Waals surface area contributed by atoms with E-state index in [0.717, 1.165) is 9.21 Å². The van der Waals surface area contributed by atoms with Crippen LogP contribution in [0.2, 0.25) is 5.28 Å². The third kappa shape index (κ3) is 2.44. The maximum Gasteiger partial charge on any atom is 0.205 e. The molecular formula is C10H7Br2ClN2. The maximum atomic E-state index is 5.99. The molecular weight excluding hydrogens is 343 g/mol. The van der Waals surface area contributed by atoms with Crippen LogP contribution < -0.4 is 0 Å². The van der Waals surface area contributed by atoms with Crippen LogP contribution in [0.25, 0.3) is 0 Å². The van der Waals surface area contributed by atoms with E-state index in [9.17, 15) is 0 Å². The van der Waals surface area contributed by atoms with Crippen molar-refractivity contribution in [3.05, 3.63) is 50.4 Å². The minimum atomic E-state index is 0.470. The van der Waals surface area contributed by atoms with Gasteiger partial charge in [-0.1, -0.05) is 30.3 Å². The van der Waals surface area contributed by atoms with Gasteiger partial charge in [-0.05, 0) is 49.0 Å². The maximum absolute atomic E-state index is 5.99. The Labute approximate surface area is 110 Å². The molecule has 1 aromatic carbocycles. The first-order chi connectivity index (χ1) is 7.18. The van der Waals surface area contributed by atoms with Gasteiger partial charge in [-0.2, -0.15) is 0 Å². The van der Waals surface area contributed by atoms with Crippen LogP contribution in [0.5, 0.6) is 0 Å². The van der Waals surface area contributed by atoms with Crippen LogP contribution in [0, 0.1) is 0 Å². The highest BCUT2D eigenvalue weighted by Gasteiger charge is 2.11. The lowest BCUT2D eigenvalue weighted by molar-refractivity contribution is 0.780. The molecule has 0 atom stereocenters. The van der Waals surface area contributed by atoms with Crippen molar-refractivity contribution < 1.29 is 0 Å². The van der Waals surface area contributed by atoms with E-state index >= 15 is 0 Å². The third-order valence-corrected chi connectivity index (χ3v) is 4.18. The van der Waals surface area contributed by atoms with E-state index < -0.39 is 0 Å². The molecule has 0 saturated carbocycles. The van der Waals surface area contributed by atoms with Gasteiger partial charge < -0.3 is 4.57 Å². The summed E-state index contributed by atoms with van der Waals surface area (Å²) in [5.41, 5.74) is 1.19. The summed E-state index contributed by atoms with van der Waals surface area (Å²) in [5.74, 6) is 0. The van der Waals surface area contributed by atoms with Crippen LogP contribution in [0.15, 0.2) is 39.5 Å². The smallest absolute Gasteiger partial charge is 0.205 e. The van der Waals surface area contributed by atoms with Gasteiger partial charge >= 0.3 is 0 Å². The van der Waals surface area contributed by atoms with Crippen LogP contribution in [0.1, 0.15) is 5.56 Å². The molecule has 1 heterocycles. The van der Waals surface area contributed by atoms with Gasteiger partial charge in [0.1, 0.15) is 9.21 Å². The van der Waals surface area contributed by atoms with Crippen LogP contribution >= 0.6 is 43.5 Å². The number of halogens is 3. The molecule has 0 saturated heterocycles. The Hall–Kier alpha value is -0.320. The molecule has 0 bridgehead atoms. The fraction of sp³-hybridized carbons (Fsp3) is 0.100. The van der Waals surface area contributed by atoms with Crippen molar-refractivity contribution in [1.82, 2.24) is 9.55 Å². The van der Waals surface area contributed by atoms with Gasteiger partial charge in [0.15, 0.2) is 0 Å². The number of imidazole rings is 1. The van der Waals surface area contributed by atoms with Gasteiger partial charge in [0.25, 0.3) is 0 Å². The summed E-state index contributed by atoms with van der Waals surface area (Å²) in [6, 6.07) is 10.1. The molecule has 0 spiro atoms. The standard InChI is InChI=1S/C10H7Br2ClN2/c11-8-9(12)15(10(13)14-8)6-7-4-2-1-3-5-7/h1-5H,6H2. The molecule has 2 nitrogen and oxygen atoms in total. The van der Waals surface area contributed by atoms with Gasteiger partial charge in [0.2, 0.25) is 5.28 Å². The summed E-state index contributed by atoms with van der Waals surface area (Å²) in [7, 11) is 0.